The lowest BCUT2D eigenvalue weighted by atomic mass is 10.2. The van der Waals surface area contributed by atoms with Gasteiger partial charge in [-0.05, 0) is 53.9 Å². The lowest BCUT2D eigenvalue weighted by Crippen LogP contribution is -1.99. The van der Waals surface area contributed by atoms with Crippen molar-refractivity contribution < 1.29 is 9.84 Å². The Balaban J connectivity index is 1.53. The molecule has 124 valence electrons. The summed E-state index contributed by atoms with van der Waals surface area (Å²) in [5, 5.41) is 16.0. The average Bonchev–Trinajstić information content (AvgIpc) is 3.13. The van der Waals surface area contributed by atoms with Crippen LogP contribution in [-0.4, -0.2) is 17.2 Å². The molecule has 1 aromatic heterocycles. The van der Waals surface area contributed by atoms with Crippen LogP contribution in [0.25, 0.3) is 0 Å². The SMILES string of the molecule is COc1ccc(CNc2ccc(SNc3nccs3)cc2)cc1O. The van der Waals surface area contributed by atoms with Crippen LogP contribution in [-0.2, 0) is 6.54 Å². The smallest absolute Gasteiger partial charge is 0.192 e. The number of hydrogen-bond acceptors (Lipinski definition) is 7. The number of aromatic nitrogens is 1. The molecule has 0 saturated heterocycles. The number of aromatic hydroxyl groups is 1. The van der Waals surface area contributed by atoms with Gasteiger partial charge in [-0.1, -0.05) is 6.07 Å². The predicted molar refractivity (Wildman–Crippen MR) is 100 cm³/mol. The second-order valence-corrected chi connectivity index (χ2v) is 6.70. The van der Waals surface area contributed by atoms with E-state index in [1.54, 1.807) is 29.7 Å². The number of benzene rings is 2. The zero-order valence-electron chi connectivity index (χ0n) is 13.0. The van der Waals surface area contributed by atoms with Gasteiger partial charge in [0.05, 0.1) is 7.11 Å². The summed E-state index contributed by atoms with van der Waals surface area (Å²) in [6.45, 7) is 0.626. The first kappa shape index (κ1) is 16.5. The number of nitrogens with one attached hydrogen (secondary N) is 2. The number of rotatable bonds is 7. The fourth-order valence-corrected chi connectivity index (χ4v) is 3.29. The molecule has 3 aromatic rings. The van der Waals surface area contributed by atoms with Gasteiger partial charge in [-0.25, -0.2) is 4.98 Å². The number of thiazole rings is 1. The maximum absolute atomic E-state index is 9.80. The maximum Gasteiger partial charge on any atom is 0.192 e. The molecule has 2 aromatic carbocycles. The summed E-state index contributed by atoms with van der Waals surface area (Å²) in [5.74, 6) is 0.629. The maximum atomic E-state index is 9.80. The Kier molecular flexibility index (Phi) is 5.45. The molecule has 0 radical (unpaired) electrons. The van der Waals surface area contributed by atoms with Crippen molar-refractivity contribution in [1.82, 2.24) is 4.98 Å². The molecule has 0 saturated carbocycles. The third kappa shape index (κ3) is 4.33. The molecule has 0 fully saturated rings. The quantitative estimate of drug-likeness (QED) is 0.536. The van der Waals surface area contributed by atoms with E-state index in [1.165, 1.54) is 19.1 Å². The molecule has 7 heteroatoms. The first-order valence-corrected chi connectivity index (χ1v) is 8.96. The zero-order chi connectivity index (χ0) is 16.8. The highest BCUT2D eigenvalue weighted by Crippen LogP contribution is 2.27. The van der Waals surface area contributed by atoms with Gasteiger partial charge in [-0.2, -0.15) is 0 Å². The fourth-order valence-electron chi connectivity index (χ4n) is 2.07. The largest absolute Gasteiger partial charge is 0.504 e. The summed E-state index contributed by atoms with van der Waals surface area (Å²) in [7, 11) is 1.54. The van der Waals surface area contributed by atoms with Gasteiger partial charge in [-0.15, -0.1) is 11.3 Å². The van der Waals surface area contributed by atoms with Crippen LogP contribution >= 0.6 is 23.3 Å². The van der Waals surface area contributed by atoms with Crippen LogP contribution in [0.2, 0.25) is 0 Å². The molecule has 24 heavy (non-hydrogen) atoms. The second kappa shape index (κ2) is 7.94. The molecule has 0 spiro atoms. The third-order valence-electron chi connectivity index (χ3n) is 3.28. The molecule has 0 bridgehead atoms. The number of nitrogens with zero attached hydrogens (tertiary/aromatic N) is 1. The summed E-state index contributed by atoms with van der Waals surface area (Å²) in [4.78, 5) is 5.29. The summed E-state index contributed by atoms with van der Waals surface area (Å²) in [6.07, 6.45) is 1.78. The van der Waals surface area contributed by atoms with Gasteiger partial charge < -0.3 is 19.9 Å². The number of phenolic OH excluding ortho intramolecular Hbond substituents is 1. The number of methoxy groups -OCH3 is 1. The molecule has 0 atom stereocenters. The molecule has 0 aliphatic rings. The van der Waals surface area contributed by atoms with Crippen LogP contribution in [0.15, 0.2) is 58.9 Å². The van der Waals surface area contributed by atoms with Crippen molar-refractivity contribution in [3.8, 4) is 11.5 Å². The van der Waals surface area contributed by atoms with E-state index < -0.39 is 0 Å². The molecule has 1 heterocycles. The number of hydrogen-bond donors (Lipinski definition) is 3. The van der Waals surface area contributed by atoms with E-state index >= 15 is 0 Å². The van der Waals surface area contributed by atoms with Crippen LogP contribution in [0.4, 0.5) is 10.8 Å². The summed E-state index contributed by atoms with van der Waals surface area (Å²) in [5.41, 5.74) is 2.00. The van der Waals surface area contributed by atoms with E-state index in [-0.39, 0.29) is 5.75 Å². The molecular weight excluding hydrogens is 342 g/mol. The van der Waals surface area contributed by atoms with Crippen molar-refractivity contribution in [2.75, 3.05) is 17.1 Å². The highest BCUT2D eigenvalue weighted by molar-refractivity contribution is 8.00. The van der Waals surface area contributed by atoms with E-state index in [1.807, 2.05) is 35.7 Å². The van der Waals surface area contributed by atoms with E-state index in [9.17, 15) is 5.11 Å². The van der Waals surface area contributed by atoms with E-state index in [0.717, 1.165) is 21.3 Å². The molecule has 5 nitrogen and oxygen atoms in total. The Morgan fingerprint density at radius 3 is 2.71 bits per heavy atom. The fraction of sp³-hybridized carbons (Fsp3) is 0.118. The first-order valence-electron chi connectivity index (χ1n) is 7.27. The van der Waals surface area contributed by atoms with Crippen LogP contribution in [0.1, 0.15) is 5.56 Å². The van der Waals surface area contributed by atoms with Gasteiger partial charge in [0.15, 0.2) is 16.6 Å². The monoisotopic (exact) mass is 359 g/mol. The highest BCUT2D eigenvalue weighted by atomic mass is 32.2. The molecule has 0 unspecified atom stereocenters. The van der Waals surface area contributed by atoms with E-state index in [2.05, 4.69) is 15.0 Å². The molecule has 0 aliphatic carbocycles. The van der Waals surface area contributed by atoms with Crippen LogP contribution in [0, 0.1) is 0 Å². The van der Waals surface area contributed by atoms with Crippen molar-refractivity contribution in [3.63, 3.8) is 0 Å². The molecular formula is C17H17N3O2S2. The van der Waals surface area contributed by atoms with Gasteiger partial charge >= 0.3 is 0 Å². The molecule has 0 aliphatic heterocycles. The van der Waals surface area contributed by atoms with Gasteiger partial charge in [-0.3, -0.25) is 0 Å². The minimum Gasteiger partial charge on any atom is -0.504 e. The van der Waals surface area contributed by atoms with Crippen molar-refractivity contribution in [2.24, 2.45) is 0 Å². The Bertz CT molecular complexity index is 777. The van der Waals surface area contributed by atoms with Crippen molar-refractivity contribution in [1.29, 1.82) is 0 Å². The molecule has 3 rings (SSSR count). The Labute approximate surface area is 148 Å². The Morgan fingerprint density at radius 1 is 1.21 bits per heavy atom. The van der Waals surface area contributed by atoms with Crippen LogP contribution in [0.5, 0.6) is 11.5 Å². The minimum atomic E-state index is 0.150. The van der Waals surface area contributed by atoms with Crippen LogP contribution in [0.3, 0.4) is 0 Å². The van der Waals surface area contributed by atoms with Gasteiger partial charge in [0, 0.05) is 28.7 Å². The molecule has 3 N–H and O–H groups in total. The minimum absolute atomic E-state index is 0.150. The van der Waals surface area contributed by atoms with Crippen molar-refractivity contribution >= 4 is 34.1 Å². The summed E-state index contributed by atoms with van der Waals surface area (Å²) >= 11 is 3.10. The van der Waals surface area contributed by atoms with Gasteiger partial charge in [0.1, 0.15) is 0 Å². The van der Waals surface area contributed by atoms with Gasteiger partial charge in [0.2, 0.25) is 0 Å². The normalized spacial score (nSPS) is 10.4. The average molecular weight is 359 g/mol. The van der Waals surface area contributed by atoms with E-state index in [0.29, 0.717) is 12.3 Å². The summed E-state index contributed by atoms with van der Waals surface area (Å²) in [6, 6.07) is 13.5. The number of phenols is 1. The standard InChI is InChI=1S/C17H17N3O2S2/c1-22-16-7-2-12(10-15(16)21)11-19-13-3-5-14(6-4-13)24-20-17-18-8-9-23-17/h2-10,19,21H,11H2,1H3,(H,18,20). The Hall–Kier alpha value is -2.38. The molecule has 0 amide bonds. The topological polar surface area (TPSA) is 66.4 Å². The second-order valence-electron chi connectivity index (χ2n) is 4.93. The first-order chi connectivity index (χ1) is 11.7. The van der Waals surface area contributed by atoms with Gasteiger partial charge in [0.25, 0.3) is 0 Å². The summed E-state index contributed by atoms with van der Waals surface area (Å²) < 4.78 is 8.24. The lowest BCUT2D eigenvalue weighted by Gasteiger charge is -2.09. The lowest BCUT2D eigenvalue weighted by molar-refractivity contribution is 0.373. The Morgan fingerprint density at radius 2 is 2.04 bits per heavy atom. The van der Waals surface area contributed by atoms with Crippen molar-refractivity contribution in [2.45, 2.75) is 11.4 Å². The predicted octanol–water partition coefficient (Wildman–Crippen LogP) is 4.59. The highest BCUT2D eigenvalue weighted by Gasteiger charge is 2.03. The number of anilines is 2. The van der Waals surface area contributed by atoms with Crippen molar-refractivity contribution in [3.05, 3.63) is 59.6 Å². The zero-order valence-corrected chi connectivity index (χ0v) is 14.7. The number of ether oxygens (including phenoxy) is 1. The third-order valence-corrected chi connectivity index (χ3v) is 4.90. The van der Waals surface area contributed by atoms with Crippen LogP contribution < -0.4 is 14.8 Å². The van der Waals surface area contributed by atoms with E-state index in [4.69, 9.17) is 4.74 Å².